The smallest absolute Gasteiger partial charge is 0.270 e. The highest BCUT2D eigenvalue weighted by atomic mass is 16.6. The normalized spacial score (nSPS) is 13.8. The molecule has 110 valence electrons. The van der Waals surface area contributed by atoms with Gasteiger partial charge in [-0.3, -0.25) is 14.9 Å². The second-order valence-corrected chi connectivity index (χ2v) is 4.61. The largest absolute Gasteiger partial charge is 0.385 e. The van der Waals surface area contributed by atoms with E-state index in [0.717, 1.165) is 5.56 Å². The molecule has 2 aromatic carbocycles. The molecular weight excluding hydrogens is 286 g/mol. The average Bonchev–Trinajstić information content (AvgIpc) is 2.51. The number of carbonyl (C=O) groups is 1. The van der Waals surface area contributed by atoms with E-state index >= 15 is 0 Å². The third-order valence-electron chi connectivity index (χ3n) is 3.14. The molecule has 3 rings (SSSR count). The Morgan fingerprint density at radius 2 is 1.95 bits per heavy atom. The van der Waals surface area contributed by atoms with Gasteiger partial charge < -0.3 is 10.2 Å². The lowest BCUT2D eigenvalue weighted by Gasteiger charge is -2.16. The van der Waals surface area contributed by atoms with Crippen molar-refractivity contribution in [3.8, 4) is 0 Å². The maximum atomic E-state index is 11.6. The summed E-state index contributed by atoms with van der Waals surface area (Å²) in [6, 6.07) is 13.3. The van der Waals surface area contributed by atoms with Crippen molar-refractivity contribution >= 4 is 23.0 Å². The molecule has 1 amide bonds. The predicted molar refractivity (Wildman–Crippen MR) is 79.8 cm³/mol. The number of nitrogens with one attached hydrogen (secondary N) is 1. The molecule has 0 saturated carbocycles. The summed E-state index contributed by atoms with van der Waals surface area (Å²) >= 11 is 0. The fourth-order valence-electron chi connectivity index (χ4n) is 2.15. The molecule has 7 heteroatoms. The molecule has 0 aromatic heterocycles. The molecule has 0 radical (unpaired) electrons. The number of fused-ring (bicyclic) bond motifs is 1. The van der Waals surface area contributed by atoms with Gasteiger partial charge in [-0.25, -0.2) is 0 Å². The summed E-state index contributed by atoms with van der Waals surface area (Å²) in [5, 5.41) is 17.6. The number of oxime groups is 1. The Morgan fingerprint density at radius 3 is 2.68 bits per heavy atom. The molecule has 0 fully saturated rings. The van der Waals surface area contributed by atoms with Gasteiger partial charge in [-0.2, -0.15) is 0 Å². The summed E-state index contributed by atoms with van der Waals surface area (Å²) in [4.78, 5) is 27.1. The van der Waals surface area contributed by atoms with Crippen LogP contribution in [0.15, 0.2) is 53.7 Å². The van der Waals surface area contributed by atoms with Crippen LogP contribution in [0.4, 0.5) is 11.4 Å². The first-order valence-corrected chi connectivity index (χ1v) is 6.49. The lowest BCUT2D eigenvalue weighted by Crippen LogP contribution is -2.22. The molecule has 1 aliphatic heterocycles. The van der Waals surface area contributed by atoms with Crippen LogP contribution in [0.25, 0.3) is 0 Å². The van der Waals surface area contributed by atoms with Gasteiger partial charge in [0.2, 0.25) is 0 Å². The van der Waals surface area contributed by atoms with E-state index < -0.39 is 4.92 Å². The van der Waals surface area contributed by atoms with E-state index in [1.54, 1.807) is 0 Å². The number of rotatable bonds is 2. The molecule has 0 saturated heterocycles. The van der Waals surface area contributed by atoms with Crippen molar-refractivity contribution in [2.45, 2.75) is 0 Å². The van der Waals surface area contributed by atoms with Gasteiger partial charge in [0.25, 0.3) is 11.6 Å². The van der Waals surface area contributed by atoms with Gasteiger partial charge in [-0.05, 0) is 6.07 Å². The van der Waals surface area contributed by atoms with Gasteiger partial charge in [0, 0.05) is 23.3 Å². The third-order valence-corrected chi connectivity index (χ3v) is 3.14. The SMILES string of the molecule is O=C1CON=C(c2ccccc2)c2cc([N+](=O)[O-])ccc2N1. The van der Waals surface area contributed by atoms with Crippen molar-refractivity contribution in [3.05, 3.63) is 69.8 Å². The Balaban J connectivity index is 2.19. The lowest BCUT2D eigenvalue weighted by molar-refractivity contribution is -0.384. The molecule has 1 N–H and O–H groups in total. The monoisotopic (exact) mass is 297 g/mol. The van der Waals surface area contributed by atoms with Crippen molar-refractivity contribution in [2.24, 2.45) is 5.16 Å². The van der Waals surface area contributed by atoms with Gasteiger partial charge in [-0.15, -0.1) is 0 Å². The highest BCUT2D eigenvalue weighted by Crippen LogP contribution is 2.26. The molecular formula is C15H11N3O4. The summed E-state index contributed by atoms with van der Waals surface area (Å²) in [6.45, 7) is -0.216. The quantitative estimate of drug-likeness (QED) is 0.680. The van der Waals surface area contributed by atoms with Gasteiger partial charge in [-0.1, -0.05) is 35.5 Å². The zero-order valence-electron chi connectivity index (χ0n) is 11.4. The van der Waals surface area contributed by atoms with Crippen LogP contribution >= 0.6 is 0 Å². The van der Waals surface area contributed by atoms with E-state index in [0.29, 0.717) is 17.0 Å². The minimum absolute atomic E-state index is 0.0859. The first-order chi connectivity index (χ1) is 10.6. The molecule has 1 aliphatic rings. The Hall–Kier alpha value is -3.22. The summed E-state index contributed by atoms with van der Waals surface area (Å²) in [7, 11) is 0. The summed E-state index contributed by atoms with van der Waals surface area (Å²) in [5.74, 6) is -0.369. The number of hydrogen-bond donors (Lipinski definition) is 1. The van der Waals surface area contributed by atoms with Crippen molar-refractivity contribution in [3.63, 3.8) is 0 Å². The van der Waals surface area contributed by atoms with Crippen molar-refractivity contribution in [1.82, 2.24) is 0 Å². The van der Waals surface area contributed by atoms with E-state index in [1.165, 1.54) is 18.2 Å². The first kappa shape index (κ1) is 13.7. The van der Waals surface area contributed by atoms with Crippen LogP contribution in [-0.4, -0.2) is 23.1 Å². The third kappa shape index (κ3) is 2.64. The predicted octanol–water partition coefficient (Wildman–Crippen LogP) is 2.32. The van der Waals surface area contributed by atoms with Crippen LogP contribution in [0.3, 0.4) is 0 Å². The highest BCUT2D eigenvalue weighted by molar-refractivity contribution is 6.17. The molecule has 1 heterocycles. The van der Waals surface area contributed by atoms with Crippen LogP contribution in [0.5, 0.6) is 0 Å². The molecule has 0 unspecified atom stereocenters. The Bertz CT molecular complexity index is 772. The minimum Gasteiger partial charge on any atom is -0.385 e. The summed E-state index contributed by atoms with van der Waals surface area (Å²) in [5.41, 5.74) is 1.98. The first-order valence-electron chi connectivity index (χ1n) is 6.49. The van der Waals surface area contributed by atoms with Crippen molar-refractivity contribution in [2.75, 3.05) is 11.9 Å². The maximum absolute atomic E-state index is 11.6. The van der Waals surface area contributed by atoms with Crippen LogP contribution in [0.2, 0.25) is 0 Å². The minimum atomic E-state index is -0.496. The molecule has 22 heavy (non-hydrogen) atoms. The zero-order valence-corrected chi connectivity index (χ0v) is 11.4. The number of benzene rings is 2. The number of anilines is 1. The van der Waals surface area contributed by atoms with Gasteiger partial charge in [0.05, 0.1) is 10.6 Å². The highest BCUT2D eigenvalue weighted by Gasteiger charge is 2.20. The standard InChI is InChI=1S/C15H11N3O4/c19-14-9-22-17-15(10-4-2-1-3-5-10)12-8-11(18(20)21)6-7-13(12)16-14/h1-8H,9H2,(H,16,19). The van der Waals surface area contributed by atoms with Gasteiger partial charge >= 0.3 is 0 Å². The maximum Gasteiger partial charge on any atom is 0.270 e. The van der Waals surface area contributed by atoms with Crippen LogP contribution in [0, 0.1) is 10.1 Å². The molecule has 0 aliphatic carbocycles. The second-order valence-electron chi connectivity index (χ2n) is 4.61. The van der Waals surface area contributed by atoms with Crippen LogP contribution < -0.4 is 5.32 Å². The number of amides is 1. The fourth-order valence-corrected chi connectivity index (χ4v) is 2.15. The summed E-state index contributed by atoms with van der Waals surface area (Å²) in [6.07, 6.45) is 0. The molecule has 0 atom stereocenters. The number of hydrogen-bond acceptors (Lipinski definition) is 5. The van der Waals surface area contributed by atoms with E-state index in [-0.39, 0.29) is 18.2 Å². The van der Waals surface area contributed by atoms with E-state index in [9.17, 15) is 14.9 Å². The van der Waals surface area contributed by atoms with E-state index in [1.807, 2.05) is 30.3 Å². The second kappa shape index (κ2) is 5.65. The van der Waals surface area contributed by atoms with Crippen molar-refractivity contribution in [1.29, 1.82) is 0 Å². The Labute approximate surface area is 125 Å². The zero-order chi connectivity index (χ0) is 15.5. The van der Waals surface area contributed by atoms with Gasteiger partial charge in [0.1, 0.15) is 5.71 Å². The number of nitro groups is 1. The molecule has 7 nitrogen and oxygen atoms in total. The number of nitrogens with zero attached hydrogens (tertiary/aromatic N) is 2. The van der Waals surface area contributed by atoms with Crippen LogP contribution in [-0.2, 0) is 9.63 Å². The molecule has 2 aromatic rings. The Morgan fingerprint density at radius 1 is 1.18 bits per heavy atom. The van der Waals surface area contributed by atoms with E-state index in [2.05, 4.69) is 10.5 Å². The van der Waals surface area contributed by atoms with E-state index in [4.69, 9.17) is 4.84 Å². The molecule has 0 spiro atoms. The number of nitro benzene ring substituents is 1. The Kier molecular flexibility index (Phi) is 3.53. The number of non-ortho nitro benzene ring substituents is 1. The molecule has 0 bridgehead atoms. The fraction of sp³-hybridized carbons (Fsp3) is 0.0667. The topological polar surface area (TPSA) is 93.8 Å². The van der Waals surface area contributed by atoms with Crippen molar-refractivity contribution < 1.29 is 14.6 Å². The lowest BCUT2D eigenvalue weighted by atomic mass is 10.00. The van der Waals surface area contributed by atoms with Gasteiger partial charge in [0.15, 0.2) is 6.61 Å². The number of carbonyl (C=O) groups excluding carboxylic acids is 1. The van der Waals surface area contributed by atoms with Crippen LogP contribution in [0.1, 0.15) is 11.1 Å². The summed E-state index contributed by atoms with van der Waals surface area (Å²) < 4.78 is 0. The average molecular weight is 297 g/mol.